The van der Waals surface area contributed by atoms with Crippen LogP contribution >= 0.6 is 0 Å². The minimum absolute atomic E-state index is 0.0319. The molecular formula is C16H22FN3O. The number of hydrogen-bond acceptors (Lipinski definition) is 1. The summed E-state index contributed by atoms with van der Waals surface area (Å²) in [6.45, 7) is 6.30. The molecule has 114 valence electrons. The molecule has 21 heavy (non-hydrogen) atoms. The predicted molar refractivity (Wildman–Crippen MR) is 84.0 cm³/mol. The van der Waals surface area contributed by atoms with Crippen molar-refractivity contribution in [2.45, 2.75) is 33.1 Å². The zero-order valence-electron chi connectivity index (χ0n) is 12.6. The molecule has 0 aromatic heterocycles. The van der Waals surface area contributed by atoms with Crippen molar-refractivity contribution < 1.29 is 9.18 Å². The van der Waals surface area contributed by atoms with Gasteiger partial charge >= 0.3 is 0 Å². The Morgan fingerprint density at radius 3 is 2.24 bits per heavy atom. The van der Waals surface area contributed by atoms with Crippen molar-refractivity contribution in [1.29, 1.82) is 0 Å². The summed E-state index contributed by atoms with van der Waals surface area (Å²) in [5.74, 6) is 0.202. The van der Waals surface area contributed by atoms with Crippen molar-refractivity contribution in [2.75, 3.05) is 0 Å². The third-order valence-corrected chi connectivity index (χ3v) is 3.25. The van der Waals surface area contributed by atoms with E-state index < -0.39 is 0 Å². The fourth-order valence-electron chi connectivity index (χ4n) is 1.97. The first-order valence-electron chi connectivity index (χ1n) is 6.39. The second-order valence-corrected chi connectivity index (χ2v) is 5.43. The number of rotatable bonds is 2. The first-order valence-corrected chi connectivity index (χ1v) is 6.39. The average Bonchev–Trinajstić information content (AvgIpc) is 3.01. The molecule has 2 rings (SSSR count). The Bertz CT molecular complexity index is 532. The van der Waals surface area contributed by atoms with Crippen LogP contribution in [0.15, 0.2) is 23.2 Å². The number of halogens is 1. The van der Waals surface area contributed by atoms with Gasteiger partial charge in [0.25, 0.3) is 0 Å². The minimum atomic E-state index is -0.204. The molecular weight excluding hydrogens is 269 g/mol. The van der Waals surface area contributed by atoms with Gasteiger partial charge < -0.3 is 11.5 Å². The van der Waals surface area contributed by atoms with Gasteiger partial charge in [-0.25, -0.2) is 4.39 Å². The highest BCUT2D eigenvalue weighted by molar-refractivity contribution is 5.82. The molecule has 1 aliphatic carbocycles. The van der Waals surface area contributed by atoms with Crippen LogP contribution in [0.1, 0.15) is 37.3 Å². The number of benzene rings is 1. The lowest BCUT2D eigenvalue weighted by atomic mass is 10.0. The van der Waals surface area contributed by atoms with Crippen LogP contribution in [0.4, 0.5) is 4.39 Å². The smallest absolute Gasteiger partial charge is 0.236 e. The highest BCUT2D eigenvalue weighted by Crippen LogP contribution is 2.58. The third-order valence-electron chi connectivity index (χ3n) is 3.25. The normalized spacial score (nSPS) is 17.1. The quantitative estimate of drug-likeness (QED) is 0.380. The van der Waals surface area contributed by atoms with Gasteiger partial charge in [0.2, 0.25) is 6.41 Å². The minimum Gasteiger partial charge on any atom is -0.370 e. The molecule has 1 saturated carbocycles. The summed E-state index contributed by atoms with van der Waals surface area (Å²) in [5, 5.41) is 0. The van der Waals surface area contributed by atoms with Gasteiger partial charge in [-0.1, -0.05) is 26.0 Å². The molecule has 1 aromatic carbocycles. The summed E-state index contributed by atoms with van der Waals surface area (Å²) in [7, 11) is 0. The maximum Gasteiger partial charge on any atom is 0.236 e. The lowest BCUT2D eigenvalue weighted by Crippen LogP contribution is -2.22. The Morgan fingerprint density at radius 1 is 1.43 bits per heavy atom. The zero-order valence-corrected chi connectivity index (χ0v) is 12.6. The van der Waals surface area contributed by atoms with Crippen LogP contribution in [0.25, 0.3) is 0 Å². The van der Waals surface area contributed by atoms with Crippen LogP contribution in [0.2, 0.25) is 0 Å². The Balaban J connectivity index is 0.000000427. The standard InChI is InChI=1S/C12H15F.C2H5N3O.C2H2/c1-8-4-5-9(11(13)6-8)10-7-12(10,2)3;3-2(4)5-1-6;1-2/h4-6,10H,7H2,1-3H3;1H,(H4,3,4,5,6);1-2H/t10-;;/m0../s1. The molecule has 5 heteroatoms. The number of terminal acetylenes is 1. The van der Waals surface area contributed by atoms with Crippen LogP contribution in [0, 0.1) is 31.0 Å². The number of nitrogens with zero attached hydrogens (tertiary/aromatic N) is 1. The van der Waals surface area contributed by atoms with E-state index in [9.17, 15) is 9.18 Å². The van der Waals surface area contributed by atoms with Gasteiger partial charge in [-0.05, 0) is 41.9 Å². The fourth-order valence-corrected chi connectivity index (χ4v) is 1.97. The molecule has 1 atom stereocenters. The number of amides is 1. The number of aryl methyl sites for hydroxylation is 1. The van der Waals surface area contributed by atoms with E-state index in [1.54, 1.807) is 6.07 Å². The molecule has 0 radical (unpaired) electrons. The molecule has 0 saturated heterocycles. The Labute approximate surface area is 125 Å². The summed E-state index contributed by atoms with van der Waals surface area (Å²) in [4.78, 5) is 12.2. The highest BCUT2D eigenvalue weighted by Gasteiger charge is 2.47. The third kappa shape index (κ3) is 6.09. The summed E-state index contributed by atoms with van der Waals surface area (Å²) in [6, 6.07) is 5.56. The Morgan fingerprint density at radius 2 is 1.95 bits per heavy atom. The summed E-state index contributed by atoms with van der Waals surface area (Å²) < 4.78 is 13.5. The molecule has 1 amide bonds. The largest absolute Gasteiger partial charge is 0.370 e. The van der Waals surface area contributed by atoms with Gasteiger partial charge in [0.05, 0.1) is 0 Å². The predicted octanol–water partition coefficient (Wildman–Crippen LogP) is 2.31. The summed E-state index contributed by atoms with van der Waals surface area (Å²) >= 11 is 0. The van der Waals surface area contributed by atoms with E-state index >= 15 is 0 Å². The van der Waals surface area contributed by atoms with Crippen LogP contribution in [0.3, 0.4) is 0 Å². The second-order valence-electron chi connectivity index (χ2n) is 5.43. The summed E-state index contributed by atoms with van der Waals surface area (Å²) in [5.41, 5.74) is 11.6. The summed E-state index contributed by atoms with van der Waals surface area (Å²) in [6.07, 6.45) is 9.41. The van der Waals surface area contributed by atoms with E-state index in [0.717, 1.165) is 17.5 Å². The Kier molecular flexibility index (Phi) is 7.15. The van der Waals surface area contributed by atoms with Crippen LogP contribution < -0.4 is 11.5 Å². The fraction of sp³-hybridized carbons (Fsp3) is 0.375. The van der Waals surface area contributed by atoms with Gasteiger partial charge in [-0.2, -0.15) is 4.99 Å². The van der Waals surface area contributed by atoms with Crippen LogP contribution in [0.5, 0.6) is 0 Å². The second kappa shape index (κ2) is 8.05. The van der Waals surface area contributed by atoms with E-state index in [0.29, 0.717) is 11.3 Å². The number of guanidine groups is 1. The van der Waals surface area contributed by atoms with Crippen molar-refractivity contribution in [3.8, 4) is 12.8 Å². The van der Waals surface area contributed by atoms with Gasteiger partial charge in [0, 0.05) is 0 Å². The van der Waals surface area contributed by atoms with E-state index in [-0.39, 0.29) is 18.2 Å². The molecule has 4 nitrogen and oxygen atoms in total. The van der Waals surface area contributed by atoms with Gasteiger partial charge in [0.15, 0.2) is 5.96 Å². The SMILES string of the molecule is C#C.Cc1ccc([C@@H]2CC2(C)C)c(F)c1.NC(N)=NC=O. The molecule has 0 aliphatic heterocycles. The van der Waals surface area contributed by atoms with Crippen LogP contribution in [-0.2, 0) is 4.79 Å². The highest BCUT2D eigenvalue weighted by atomic mass is 19.1. The van der Waals surface area contributed by atoms with E-state index in [4.69, 9.17) is 11.5 Å². The topological polar surface area (TPSA) is 81.5 Å². The van der Waals surface area contributed by atoms with Gasteiger partial charge in [-0.3, -0.25) is 4.79 Å². The van der Waals surface area contributed by atoms with Crippen molar-refractivity contribution >= 4 is 12.4 Å². The lowest BCUT2D eigenvalue weighted by Gasteiger charge is -2.05. The van der Waals surface area contributed by atoms with Crippen molar-refractivity contribution in [1.82, 2.24) is 0 Å². The Hall–Kier alpha value is -2.35. The van der Waals surface area contributed by atoms with E-state index in [1.807, 2.05) is 19.1 Å². The number of aliphatic imine (C=N–C) groups is 1. The molecule has 0 spiro atoms. The molecule has 0 unspecified atom stereocenters. The number of hydrogen-bond donors (Lipinski definition) is 2. The number of carbonyl (C=O) groups excluding carboxylic acids is 1. The molecule has 0 heterocycles. The number of carbonyl (C=O) groups is 1. The van der Waals surface area contributed by atoms with Gasteiger partial charge in [-0.15, -0.1) is 12.8 Å². The monoisotopic (exact) mass is 291 g/mol. The lowest BCUT2D eigenvalue weighted by molar-refractivity contribution is -0.106. The van der Waals surface area contributed by atoms with Crippen molar-refractivity contribution in [3.05, 3.63) is 35.1 Å². The van der Waals surface area contributed by atoms with Crippen molar-refractivity contribution in [3.63, 3.8) is 0 Å². The average molecular weight is 291 g/mol. The van der Waals surface area contributed by atoms with E-state index in [1.165, 1.54) is 0 Å². The first-order chi connectivity index (χ1) is 9.77. The maximum atomic E-state index is 13.5. The molecule has 1 aromatic rings. The molecule has 4 N–H and O–H groups in total. The first kappa shape index (κ1) is 18.7. The molecule has 1 aliphatic rings. The van der Waals surface area contributed by atoms with Crippen molar-refractivity contribution in [2.24, 2.45) is 21.9 Å². The zero-order chi connectivity index (χ0) is 16.6. The molecule has 1 fully saturated rings. The van der Waals surface area contributed by atoms with Gasteiger partial charge in [0.1, 0.15) is 5.82 Å². The van der Waals surface area contributed by atoms with E-state index in [2.05, 4.69) is 31.7 Å². The maximum absolute atomic E-state index is 13.5. The van der Waals surface area contributed by atoms with Crippen LogP contribution in [-0.4, -0.2) is 12.4 Å². The number of nitrogens with two attached hydrogens (primary N) is 2. The molecule has 0 bridgehead atoms.